The van der Waals surface area contributed by atoms with Crippen LogP contribution in [0.2, 0.25) is 36.3 Å². The van der Waals surface area contributed by atoms with Crippen molar-refractivity contribution < 1.29 is 42.8 Å². The smallest absolute Gasteiger partial charge is 0.381 e. The summed E-state index contributed by atoms with van der Waals surface area (Å²) in [6.07, 6.45) is -1.51. The van der Waals surface area contributed by atoms with Gasteiger partial charge in [-0.3, -0.25) is 4.57 Å². The first-order valence-corrected chi connectivity index (χ1v) is 18.4. The maximum Gasteiger partial charge on any atom is 0.381 e. The van der Waals surface area contributed by atoms with Gasteiger partial charge in [0.2, 0.25) is 0 Å². The summed E-state index contributed by atoms with van der Waals surface area (Å²) < 4.78 is 34.8. The van der Waals surface area contributed by atoms with Crippen LogP contribution in [-0.2, 0) is 32.5 Å². The first kappa shape index (κ1) is 31.3. The summed E-state index contributed by atoms with van der Waals surface area (Å²) in [5.41, 5.74) is 0. The third-order valence-electron chi connectivity index (χ3n) is 5.77. The zero-order valence-electron chi connectivity index (χ0n) is 21.2. The molecule has 0 heterocycles. The highest BCUT2D eigenvalue weighted by Crippen LogP contribution is 2.46. The van der Waals surface area contributed by atoms with E-state index in [0.717, 1.165) is 0 Å². The van der Waals surface area contributed by atoms with Gasteiger partial charge in [-0.1, -0.05) is 41.5 Å². The van der Waals surface area contributed by atoms with Gasteiger partial charge in [0.1, 0.15) is 0 Å². The lowest BCUT2D eigenvalue weighted by Crippen LogP contribution is -2.45. The second-order valence-electron chi connectivity index (χ2n) is 10.8. The molecule has 2 unspecified atom stereocenters. The van der Waals surface area contributed by atoms with Crippen molar-refractivity contribution >= 4 is 24.2 Å². The largest absolute Gasteiger partial charge is 0.396 e. The summed E-state index contributed by atoms with van der Waals surface area (Å²) in [6, 6.07) is 0. The van der Waals surface area contributed by atoms with E-state index in [-0.39, 0.29) is 36.1 Å². The maximum absolute atomic E-state index is 12.6. The summed E-state index contributed by atoms with van der Waals surface area (Å²) in [6.45, 7) is 21.4. The SMILES string of the molecule is CC(C)(C)[Si](C)(C)OC(CCO)OOP(C)(=O)OOC(CCO)O[Si](C)(C)C(C)(C)C. The summed E-state index contributed by atoms with van der Waals surface area (Å²) >= 11 is 0. The molecule has 0 amide bonds. The molecule has 0 bridgehead atoms. The van der Waals surface area contributed by atoms with Crippen LogP contribution in [0.5, 0.6) is 0 Å². The average molecular weight is 505 g/mol. The van der Waals surface area contributed by atoms with Crippen LogP contribution in [0, 0.1) is 0 Å². The van der Waals surface area contributed by atoms with Crippen LogP contribution in [0.3, 0.4) is 0 Å². The minimum Gasteiger partial charge on any atom is -0.396 e. The molecular formula is C19H45O9PSi2. The fraction of sp³-hybridized carbons (Fsp3) is 1.00. The Labute approximate surface area is 190 Å². The van der Waals surface area contributed by atoms with Crippen LogP contribution >= 0.6 is 7.60 Å². The van der Waals surface area contributed by atoms with Crippen LogP contribution in [0.15, 0.2) is 0 Å². The maximum atomic E-state index is 12.6. The molecule has 2 N–H and O–H groups in total. The lowest BCUT2D eigenvalue weighted by atomic mass is 10.2. The Morgan fingerprint density at radius 1 is 0.742 bits per heavy atom. The second kappa shape index (κ2) is 12.2. The lowest BCUT2D eigenvalue weighted by molar-refractivity contribution is -0.346. The number of hydrogen-bond acceptors (Lipinski definition) is 9. The van der Waals surface area contributed by atoms with Gasteiger partial charge in [-0.15, -0.1) is 9.35 Å². The first-order chi connectivity index (χ1) is 13.8. The van der Waals surface area contributed by atoms with Crippen LogP contribution < -0.4 is 0 Å². The summed E-state index contributed by atoms with van der Waals surface area (Å²) in [5.74, 6) is 0. The van der Waals surface area contributed by atoms with Crippen molar-refractivity contribution in [3.8, 4) is 0 Å². The molecule has 31 heavy (non-hydrogen) atoms. The number of hydrogen-bond donors (Lipinski definition) is 2. The third kappa shape index (κ3) is 11.4. The highest BCUT2D eigenvalue weighted by molar-refractivity contribution is 7.52. The molecule has 0 fully saturated rings. The summed E-state index contributed by atoms with van der Waals surface area (Å²) in [5, 5.41) is 18.5. The molecular weight excluding hydrogens is 459 g/mol. The van der Waals surface area contributed by atoms with Gasteiger partial charge in [-0.2, -0.15) is 9.78 Å². The molecule has 0 aliphatic heterocycles. The number of aliphatic hydroxyl groups excluding tert-OH is 2. The van der Waals surface area contributed by atoms with Crippen LogP contribution in [0.1, 0.15) is 54.4 Å². The molecule has 0 aliphatic rings. The Morgan fingerprint density at radius 2 is 1.03 bits per heavy atom. The Hall–Kier alpha value is 0.344. The molecule has 0 aromatic heterocycles. The van der Waals surface area contributed by atoms with Crippen molar-refractivity contribution in [2.75, 3.05) is 19.9 Å². The molecule has 0 saturated heterocycles. The van der Waals surface area contributed by atoms with Crippen molar-refractivity contribution in [1.29, 1.82) is 0 Å². The molecule has 0 aromatic rings. The predicted molar refractivity (Wildman–Crippen MR) is 125 cm³/mol. The molecule has 0 rings (SSSR count). The molecule has 9 nitrogen and oxygen atoms in total. The highest BCUT2D eigenvalue weighted by atomic mass is 31.2. The van der Waals surface area contributed by atoms with Gasteiger partial charge >= 0.3 is 7.60 Å². The van der Waals surface area contributed by atoms with E-state index in [2.05, 4.69) is 41.5 Å². The van der Waals surface area contributed by atoms with Crippen molar-refractivity contribution in [2.24, 2.45) is 0 Å². The van der Waals surface area contributed by atoms with Gasteiger partial charge < -0.3 is 19.1 Å². The van der Waals surface area contributed by atoms with E-state index >= 15 is 0 Å². The minimum absolute atomic E-state index is 0.0851. The van der Waals surface area contributed by atoms with Crippen molar-refractivity contribution in [2.45, 2.75) is 103 Å². The quantitative estimate of drug-likeness (QED) is 0.109. The Bertz CT molecular complexity index is 528. The summed E-state index contributed by atoms with van der Waals surface area (Å²) in [4.78, 5) is 10.5. The molecule has 0 spiro atoms. The number of rotatable bonds is 14. The highest BCUT2D eigenvalue weighted by Gasteiger charge is 2.41. The topological polar surface area (TPSA) is 113 Å². The Balaban J connectivity index is 5.00. The van der Waals surface area contributed by atoms with Gasteiger partial charge in [0.15, 0.2) is 29.2 Å². The van der Waals surface area contributed by atoms with E-state index in [1.54, 1.807) is 0 Å². The van der Waals surface area contributed by atoms with E-state index in [9.17, 15) is 14.8 Å². The predicted octanol–water partition coefficient (Wildman–Crippen LogP) is 5.17. The number of aliphatic hydroxyl groups is 2. The molecule has 188 valence electrons. The van der Waals surface area contributed by atoms with Crippen LogP contribution in [0.25, 0.3) is 0 Å². The zero-order chi connectivity index (χ0) is 24.7. The molecule has 2 atom stereocenters. The molecule has 0 radical (unpaired) electrons. The van der Waals surface area contributed by atoms with Crippen molar-refractivity contribution in [3.63, 3.8) is 0 Å². The summed E-state index contributed by atoms with van der Waals surface area (Å²) in [7, 11) is -8.23. The van der Waals surface area contributed by atoms with Crippen LogP contribution in [-0.4, -0.2) is 59.3 Å². The van der Waals surface area contributed by atoms with E-state index in [1.807, 2.05) is 26.2 Å². The second-order valence-corrected chi connectivity index (χ2v) is 22.1. The first-order valence-electron chi connectivity index (χ1n) is 10.6. The lowest BCUT2D eigenvalue weighted by Gasteiger charge is -2.39. The molecule has 0 aliphatic carbocycles. The Kier molecular flexibility index (Phi) is 12.3. The standard InChI is InChI=1S/C19H45O9PSi2/c1-18(2,3)30(8,9)25-16(12-14-20)23-27-29(7,22)28-24-17(13-15-21)26-31(10,11)19(4,5)6/h16-17,20-21H,12-15H2,1-11H3. The Morgan fingerprint density at radius 3 is 1.26 bits per heavy atom. The van der Waals surface area contributed by atoms with Crippen LogP contribution in [0.4, 0.5) is 0 Å². The van der Waals surface area contributed by atoms with Crippen molar-refractivity contribution in [3.05, 3.63) is 0 Å². The van der Waals surface area contributed by atoms with Gasteiger partial charge in [0, 0.05) is 32.7 Å². The molecule has 0 saturated carbocycles. The third-order valence-corrected chi connectivity index (χ3v) is 15.4. The van der Waals surface area contributed by atoms with Crippen molar-refractivity contribution in [1.82, 2.24) is 0 Å². The average Bonchev–Trinajstić information content (AvgIpc) is 2.56. The fourth-order valence-electron chi connectivity index (χ4n) is 1.74. The minimum atomic E-state index is -3.80. The van der Waals surface area contributed by atoms with Gasteiger partial charge in [0.05, 0.1) is 0 Å². The van der Waals surface area contributed by atoms with E-state index in [0.29, 0.717) is 0 Å². The van der Waals surface area contributed by atoms with Gasteiger partial charge in [-0.05, 0) is 36.3 Å². The fourth-order valence-corrected chi connectivity index (χ4v) is 4.61. The van der Waals surface area contributed by atoms with E-state index in [1.165, 1.54) is 6.66 Å². The zero-order valence-corrected chi connectivity index (χ0v) is 24.1. The normalized spacial score (nSPS) is 18.0. The molecule has 0 aromatic carbocycles. The van der Waals surface area contributed by atoms with Gasteiger partial charge in [0.25, 0.3) is 0 Å². The molecule has 12 heteroatoms. The van der Waals surface area contributed by atoms with E-state index in [4.69, 9.17) is 28.0 Å². The van der Waals surface area contributed by atoms with E-state index < -0.39 is 36.8 Å². The van der Waals surface area contributed by atoms with Gasteiger partial charge in [-0.25, -0.2) is 0 Å². The monoisotopic (exact) mass is 504 g/mol.